The molecule has 2 aromatic carbocycles. The number of carbonyl (C=O) groups excluding carboxylic acids is 1. The van der Waals surface area contributed by atoms with Crippen molar-refractivity contribution in [2.24, 2.45) is 0 Å². The molecule has 174 valence electrons. The number of halogens is 3. The van der Waals surface area contributed by atoms with Gasteiger partial charge in [0.15, 0.2) is 6.61 Å². The topological polar surface area (TPSA) is 81.7 Å². The molecule has 0 saturated heterocycles. The molecule has 6 nitrogen and oxygen atoms in total. The number of fused-ring (bicyclic) bond motifs is 1. The molecule has 0 saturated carbocycles. The Labute approximate surface area is 184 Å². The van der Waals surface area contributed by atoms with Gasteiger partial charge >= 0.3 is 12.1 Å². The quantitative estimate of drug-likeness (QED) is 0.621. The molecule has 0 heterocycles. The van der Waals surface area contributed by atoms with Gasteiger partial charge in [-0.15, -0.1) is 0 Å². The Kier molecular flexibility index (Phi) is 6.85. The lowest BCUT2D eigenvalue weighted by Crippen LogP contribution is -2.36. The van der Waals surface area contributed by atoms with E-state index < -0.39 is 38.7 Å². The molecular weight excluding hydrogens is 447 g/mol. The minimum Gasteiger partial charge on any atom is -0.482 e. The van der Waals surface area contributed by atoms with E-state index >= 15 is 0 Å². The number of carbonyl (C=O) groups is 1. The standard InChI is InChI=1S/C22H24F3NO5S/c1-13(2)14-5-7-20(19(11-14)22(23,24)25)32(28,29)26-17-8-15-4-6-18(10-16(15)9-17)31-12-21(27)30-3/h4-7,10-11,13,17,26H,8-9,12H2,1-3H3. The van der Waals surface area contributed by atoms with Crippen LogP contribution in [0.1, 0.15) is 42.0 Å². The van der Waals surface area contributed by atoms with Gasteiger partial charge in [0.2, 0.25) is 10.0 Å². The number of sulfonamides is 1. The lowest BCUT2D eigenvalue weighted by Gasteiger charge is -2.18. The van der Waals surface area contributed by atoms with Gasteiger partial charge in [-0.3, -0.25) is 0 Å². The van der Waals surface area contributed by atoms with Gasteiger partial charge < -0.3 is 9.47 Å². The highest BCUT2D eigenvalue weighted by Gasteiger charge is 2.38. The average Bonchev–Trinajstić information content (AvgIpc) is 3.11. The predicted molar refractivity (Wildman–Crippen MR) is 111 cm³/mol. The molecule has 0 aromatic heterocycles. The Hall–Kier alpha value is -2.59. The Morgan fingerprint density at radius 1 is 1.12 bits per heavy atom. The molecule has 0 aliphatic heterocycles. The molecule has 10 heteroatoms. The fraction of sp³-hybridized carbons (Fsp3) is 0.409. The number of nitrogens with one attached hydrogen (secondary N) is 1. The van der Waals surface area contributed by atoms with Crippen LogP contribution in [0, 0.1) is 0 Å². The molecule has 0 bridgehead atoms. The molecular formula is C22H24F3NO5S. The molecule has 1 aliphatic rings. The van der Waals surface area contributed by atoms with Gasteiger partial charge in [0.05, 0.1) is 17.6 Å². The van der Waals surface area contributed by atoms with Crippen LogP contribution in [0.25, 0.3) is 0 Å². The average molecular weight is 471 g/mol. The fourth-order valence-electron chi connectivity index (χ4n) is 3.61. The summed E-state index contributed by atoms with van der Waals surface area (Å²) in [6.45, 7) is 3.21. The van der Waals surface area contributed by atoms with E-state index in [1.165, 1.54) is 13.2 Å². The SMILES string of the molecule is COC(=O)COc1ccc2c(c1)CC(NS(=O)(=O)c1ccc(C(C)C)cc1C(F)(F)F)C2. The van der Waals surface area contributed by atoms with E-state index in [2.05, 4.69) is 9.46 Å². The first-order valence-corrected chi connectivity index (χ1v) is 11.4. The van der Waals surface area contributed by atoms with Gasteiger partial charge in [-0.05, 0) is 59.7 Å². The highest BCUT2D eigenvalue weighted by atomic mass is 32.2. The van der Waals surface area contributed by atoms with Gasteiger partial charge in [-0.2, -0.15) is 13.2 Å². The Morgan fingerprint density at radius 2 is 1.81 bits per heavy atom. The van der Waals surface area contributed by atoms with Crippen molar-refractivity contribution in [3.63, 3.8) is 0 Å². The van der Waals surface area contributed by atoms with E-state index in [9.17, 15) is 26.4 Å². The number of rotatable bonds is 7. The third kappa shape index (κ3) is 5.42. The summed E-state index contributed by atoms with van der Waals surface area (Å²) in [7, 11) is -3.17. The second-order valence-electron chi connectivity index (χ2n) is 7.93. The molecule has 1 aliphatic carbocycles. The molecule has 32 heavy (non-hydrogen) atoms. The summed E-state index contributed by atoms with van der Waals surface area (Å²) in [6.07, 6.45) is -4.19. The zero-order valence-electron chi connectivity index (χ0n) is 17.8. The van der Waals surface area contributed by atoms with E-state index in [1.54, 1.807) is 32.0 Å². The van der Waals surface area contributed by atoms with Crippen LogP contribution in [-0.4, -0.2) is 34.1 Å². The Bertz CT molecular complexity index is 1110. The van der Waals surface area contributed by atoms with E-state index in [4.69, 9.17) is 4.74 Å². The highest BCUT2D eigenvalue weighted by Crippen LogP contribution is 2.36. The van der Waals surface area contributed by atoms with Crippen molar-refractivity contribution >= 4 is 16.0 Å². The van der Waals surface area contributed by atoms with E-state index in [-0.39, 0.29) is 18.9 Å². The highest BCUT2D eigenvalue weighted by molar-refractivity contribution is 7.89. The predicted octanol–water partition coefficient (Wildman–Crippen LogP) is 3.83. The number of benzene rings is 2. The van der Waals surface area contributed by atoms with E-state index in [0.717, 1.165) is 23.3 Å². The van der Waals surface area contributed by atoms with Crippen LogP contribution in [-0.2, 0) is 38.6 Å². The Balaban J connectivity index is 1.79. The maximum atomic E-state index is 13.6. The van der Waals surface area contributed by atoms with E-state index in [0.29, 0.717) is 17.7 Å². The summed E-state index contributed by atoms with van der Waals surface area (Å²) in [5, 5.41) is 0. The summed E-state index contributed by atoms with van der Waals surface area (Å²) in [5.41, 5.74) is 0.884. The summed E-state index contributed by atoms with van der Waals surface area (Å²) < 4.78 is 78.9. The Morgan fingerprint density at radius 3 is 2.44 bits per heavy atom. The molecule has 0 amide bonds. The molecule has 3 rings (SSSR count). The smallest absolute Gasteiger partial charge is 0.417 e. The van der Waals surface area contributed by atoms with Gasteiger partial charge in [0.1, 0.15) is 5.75 Å². The molecule has 0 fully saturated rings. The zero-order chi connectivity index (χ0) is 23.7. The van der Waals surface area contributed by atoms with Gasteiger partial charge in [-0.1, -0.05) is 26.0 Å². The molecule has 1 unspecified atom stereocenters. The summed E-state index contributed by atoms with van der Waals surface area (Å²) in [4.78, 5) is 10.4. The van der Waals surface area contributed by atoms with Crippen LogP contribution < -0.4 is 9.46 Å². The number of hydrogen-bond acceptors (Lipinski definition) is 5. The zero-order valence-corrected chi connectivity index (χ0v) is 18.6. The number of methoxy groups -OCH3 is 1. The minimum atomic E-state index is -4.81. The van der Waals surface area contributed by atoms with Crippen molar-refractivity contribution in [3.8, 4) is 5.75 Å². The van der Waals surface area contributed by atoms with Crippen LogP contribution in [0.3, 0.4) is 0 Å². The molecule has 0 radical (unpaired) electrons. The number of ether oxygens (including phenoxy) is 2. The third-order valence-electron chi connectivity index (χ3n) is 5.28. The minimum absolute atomic E-state index is 0.180. The lowest BCUT2D eigenvalue weighted by atomic mass is 10.0. The summed E-state index contributed by atoms with van der Waals surface area (Å²) in [5.74, 6) is -0.304. The van der Waals surface area contributed by atoms with Crippen LogP contribution >= 0.6 is 0 Å². The first-order valence-electron chi connectivity index (χ1n) is 9.95. The van der Waals surface area contributed by atoms with Gasteiger partial charge in [-0.25, -0.2) is 17.9 Å². The van der Waals surface area contributed by atoms with Crippen LogP contribution in [0.5, 0.6) is 5.75 Å². The summed E-state index contributed by atoms with van der Waals surface area (Å²) in [6, 6.07) is 7.79. The van der Waals surface area contributed by atoms with E-state index in [1.807, 2.05) is 0 Å². The summed E-state index contributed by atoms with van der Waals surface area (Å²) >= 11 is 0. The maximum absolute atomic E-state index is 13.6. The fourth-order valence-corrected chi connectivity index (χ4v) is 5.06. The van der Waals surface area contributed by atoms with Crippen molar-refractivity contribution in [2.45, 2.75) is 49.7 Å². The maximum Gasteiger partial charge on any atom is 0.417 e. The largest absolute Gasteiger partial charge is 0.482 e. The first-order chi connectivity index (χ1) is 14.9. The van der Waals surface area contributed by atoms with Crippen LogP contribution in [0.15, 0.2) is 41.3 Å². The van der Waals surface area contributed by atoms with Crippen molar-refractivity contribution in [1.82, 2.24) is 4.72 Å². The van der Waals surface area contributed by atoms with Crippen LogP contribution in [0.4, 0.5) is 13.2 Å². The number of esters is 1. The second kappa shape index (κ2) is 9.11. The van der Waals surface area contributed by atoms with Crippen molar-refractivity contribution < 1.29 is 35.9 Å². The number of alkyl halides is 3. The third-order valence-corrected chi connectivity index (χ3v) is 6.86. The molecule has 1 N–H and O–H groups in total. The van der Waals surface area contributed by atoms with Crippen molar-refractivity contribution in [2.75, 3.05) is 13.7 Å². The second-order valence-corrected chi connectivity index (χ2v) is 9.61. The molecule has 0 spiro atoms. The molecule has 2 aromatic rings. The first kappa shape index (κ1) is 24.1. The van der Waals surface area contributed by atoms with Crippen LogP contribution in [0.2, 0.25) is 0 Å². The van der Waals surface area contributed by atoms with Crippen molar-refractivity contribution in [1.29, 1.82) is 0 Å². The monoisotopic (exact) mass is 471 g/mol. The van der Waals surface area contributed by atoms with Gasteiger partial charge in [0, 0.05) is 6.04 Å². The normalized spacial score (nSPS) is 16.2. The molecule has 1 atom stereocenters. The van der Waals surface area contributed by atoms with Gasteiger partial charge in [0.25, 0.3) is 0 Å². The van der Waals surface area contributed by atoms with Crippen molar-refractivity contribution in [3.05, 3.63) is 58.7 Å². The lowest BCUT2D eigenvalue weighted by molar-refractivity contribution is -0.143. The number of hydrogen-bond donors (Lipinski definition) is 1.